The molecular formula is C10H13F3N2O2S. The fraction of sp³-hybridized carbons (Fsp3) is 0.400. The fourth-order valence-corrected chi connectivity index (χ4v) is 2.34. The molecule has 1 aromatic rings. The van der Waals surface area contributed by atoms with Gasteiger partial charge >= 0.3 is 0 Å². The number of hydrogen-bond acceptors (Lipinski definition) is 3. The lowest BCUT2D eigenvalue weighted by molar-refractivity contribution is 0.442. The Kier molecular flexibility index (Phi) is 5.12. The minimum absolute atomic E-state index is 0.0974. The molecule has 0 aliphatic heterocycles. The molecule has 3 N–H and O–H groups in total. The van der Waals surface area contributed by atoms with Gasteiger partial charge in [-0.1, -0.05) is 0 Å². The number of nitrogens with one attached hydrogen (secondary N) is 1. The van der Waals surface area contributed by atoms with Gasteiger partial charge in [0.05, 0.1) is 4.90 Å². The molecule has 0 atom stereocenters. The van der Waals surface area contributed by atoms with Gasteiger partial charge in [0.15, 0.2) is 17.5 Å². The number of unbranched alkanes of at least 4 members (excludes halogenated alkanes) is 1. The average molecular weight is 282 g/mol. The Bertz CT molecular complexity index is 497. The molecule has 0 fully saturated rings. The van der Waals surface area contributed by atoms with E-state index in [4.69, 9.17) is 5.73 Å². The lowest BCUT2D eigenvalue weighted by Gasteiger charge is -2.07. The van der Waals surface area contributed by atoms with E-state index in [9.17, 15) is 21.6 Å². The zero-order valence-electron chi connectivity index (χ0n) is 9.42. The minimum Gasteiger partial charge on any atom is -0.330 e. The van der Waals surface area contributed by atoms with Gasteiger partial charge in [0.1, 0.15) is 0 Å². The van der Waals surface area contributed by atoms with Crippen LogP contribution in [0.15, 0.2) is 17.0 Å². The maximum atomic E-state index is 12.9. The topological polar surface area (TPSA) is 72.2 Å². The Morgan fingerprint density at radius 3 is 2.17 bits per heavy atom. The van der Waals surface area contributed by atoms with Crippen LogP contribution < -0.4 is 10.5 Å². The van der Waals surface area contributed by atoms with Crippen LogP contribution in [0.3, 0.4) is 0 Å². The van der Waals surface area contributed by atoms with Gasteiger partial charge in [-0.15, -0.1) is 0 Å². The molecule has 0 aliphatic rings. The molecule has 4 nitrogen and oxygen atoms in total. The first-order valence-corrected chi connectivity index (χ1v) is 6.71. The fourth-order valence-electron chi connectivity index (χ4n) is 1.25. The first kappa shape index (κ1) is 14.9. The molecule has 0 saturated carbocycles. The third-order valence-corrected chi connectivity index (χ3v) is 3.63. The van der Waals surface area contributed by atoms with Crippen LogP contribution in [0, 0.1) is 17.5 Å². The van der Waals surface area contributed by atoms with Crippen molar-refractivity contribution in [1.82, 2.24) is 4.72 Å². The van der Waals surface area contributed by atoms with Crippen molar-refractivity contribution < 1.29 is 21.6 Å². The van der Waals surface area contributed by atoms with Crippen molar-refractivity contribution in [2.75, 3.05) is 13.1 Å². The number of rotatable bonds is 6. The lowest BCUT2D eigenvalue weighted by Crippen LogP contribution is -2.25. The highest BCUT2D eigenvalue weighted by molar-refractivity contribution is 7.89. The molecule has 1 rings (SSSR count). The summed E-state index contributed by atoms with van der Waals surface area (Å²) in [7, 11) is -4.04. The van der Waals surface area contributed by atoms with Crippen molar-refractivity contribution in [2.24, 2.45) is 5.73 Å². The molecule has 0 bridgehead atoms. The second-order valence-corrected chi connectivity index (χ2v) is 5.36. The zero-order chi connectivity index (χ0) is 13.8. The average Bonchev–Trinajstić information content (AvgIpc) is 2.31. The van der Waals surface area contributed by atoms with Crippen LogP contribution in [0.5, 0.6) is 0 Å². The van der Waals surface area contributed by atoms with E-state index in [1.165, 1.54) is 0 Å². The van der Waals surface area contributed by atoms with Gasteiger partial charge in [0.25, 0.3) is 0 Å². The lowest BCUT2D eigenvalue weighted by atomic mass is 10.3. The first-order valence-electron chi connectivity index (χ1n) is 5.23. The van der Waals surface area contributed by atoms with Crippen molar-refractivity contribution in [3.05, 3.63) is 29.6 Å². The minimum atomic E-state index is -4.04. The van der Waals surface area contributed by atoms with E-state index >= 15 is 0 Å². The predicted molar refractivity (Wildman–Crippen MR) is 59.8 cm³/mol. The number of benzene rings is 1. The Hall–Kier alpha value is -1.12. The quantitative estimate of drug-likeness (QED) is 0.606. The van der Waals surface area contributed by atoms with Gasteiger partial charge in [0.2, 0.25) is 10.0 Å². The number of sulfonamides is 1. The van der Waals surface area contributed by atoms with Crippen LogP contribution in [0.25, 0.3) is 0 Å². The molecule has 0 aromatic heterocycles. The van der Waals surface area contributed by atoms with Gasteiger partial charge in [-0.05, 0) is 31.5 Å². The summed E-state index contributed by atoms with van der Waals surface area (Å²) in [6, 6.07) is 0.868. The van der Waals surface area contributed by atoms with E-state index < -0.39 is 32.4 Å². The summed E-state index contributed by atoms with van der Waals surface area (Å²) in [6.45, 7) is 0.516. The highest BCUT2D eigenvalue weighted by Crippen LogP contribution is 2.17. The highest BCUT2D eigenvalue weighted by atomic mass is 32.2. The van der Waals surface area contributed by atoms with E-state index in [-0.39, 0.29) is 6.54 Å². The van der Waals surface area contributed by atoms with Gasteiger partial charge in [-0.25, -0.2) is 26.3 Å². The summed E-state index contributed by atoms with van der Waals surface area (Å²) in [5, 5.41) is 0. The van der Waals surface area contributed by atoms with E-state index in [2.05, 4.69) is 4.72 Å². The monoisotopic (exact) mass is 282 g/mol. The Morgan fingerprint density at radius 1 is 1.11 bits per heavy atom. The molecule has 0 aliphatic carbocycles. The van der Waals surface area contributed by atoms with Crippen molar-refractivity contribution in [2.45, 2.75) is 17.7 Å². The Labute approximate surface area is 103 Å². The van der Waals surface area contributed by atoms with Crippen LogP contribution in [0.2, 0.25) is 0 Å². The number of hydrogen-bond donors (Lipinski definition) is 2. The summed E-state index contributed by atoms with van der Waals surface area (Å²) in [6.07, 6.45) is 1.12. The maximum Gasteiger partial charge on any atom is 0.240 e. The maximum absolute atomic E-state index is 12.9. The molecule has 0 spiro atoms. The summed E-state index contributed by atoms with van der Waals surface area (Å²) < 4.78 is 63.8. The molecule has 0 amide bonds. The third-order valence-electron chi connectivity index (χ3n) is 2.19. The Balaban J connectivity index is 2.85. The summed E-state index contributed by atoms with van der Waals surface area (Å²) in [5.74, 6) is -4.79. The molecule has 1 aromatic carbocycles. The normalized spacial score (nSPS) is 11.8. The van der Waals surface area contributed by atoms with Crippen LogP contribution in [0.4, 0.5) is 13.2 Å². The van der Waals surface area contributed by atoms with Gasteiger partial charge < -0.3 is 5.73 Å². The van der Waals surface area contributed by atoms with Crippen LogP contribution >= 0.6 is 0 Å². The summed E-state index contributed by atoms with van der Waals surface area (Å²) in [4.78, 5) is -0.647. The number of nitrogens with two attached hydrogens (primary N) is 1. The molecule has 8 heteroatoms. The standard InChI is InChI=1S/C10H13F3N2O2S/c11-8-5-7(6-9(12)10(8)13)18(16,17)15-4-2-1-3-14/h5-6,15H,1-4,14H2. The van der Waals surface area contributed by atoms with Crippen LogP contribution in [-0.4, -0.2) is 21.5 Å². The zero-order valence-corrected chi connectivity index (χ0v) is 10.2. The van der Waals surface area contributed by atoms with Crippen LogP contribution in [0.1, 0.15) is 12.8 Å². The van der Waals surface area contributed by atoms with Gasteiger partial charge in [0, 0.05) is 6.54 Å². The predicted octanol–water partition coefficient (Wildman–Crippen LogP) is 1.12. The summed E-state index contributed by atoms with van der Waals surface area (Å²) in [5.41, 5.74) is 5.23. The third kappa shape index (κ3) is 3.69. The van der Waals surface area contributed by atoms with E-state index in [1.807, 2.05) is 0 Å². The molecule has 18 heavy (non-hydrogen) atoms. The largest absolute Gasteiger partial charge is 0.330 e. The summed E-state index contributed by atoms with van der Waals surface area (Å²) >= 11 is 0. The van der Waals surface area contributed by atoms with Crippen molar-refractivity contribution in [1.29, 1.82) is 0 Å². The SMILES string of the molecule is NCCCCNS(=O)(=O)c1cc(F)c(F)c(F)c1. The van der Waals surface area contributed by atoms with E-state index in [0.717, 1.165) is 0 Å². The number of halogens is 3. The van der Waals surface area contributed by atoms with Gasteiger partial charge in [-0.3, -0.25) is 0 Å². The smallest absolute Gasteiger partial charge is 0.240 e. The van der Waals surface area contributed by atoms with Crippen molar-refractivity contribution in [3.8, 4) is 0 Å². The van der Waals surface area contributed by atoms with E-state index in [0.29, 0.717) is 31.5 Å². The Morgan fingerprint density at radius 2 is 1.67 bits per heavy atom. The van der Waals surface area contributed by atoms with Crippen molar-refractivity contribution >= 4 is 10.0 Å². The highest BCUT2D eigenvalue weighted by Gasteiger charge is 2.19. The second-order valence-electron chi connectivity index (χ2n) is 3.59. The molecular weight excluding hydrogens is 269 g/mol. The molecule has 0 radical (unpaired) electrons. The molecule has 102 valence electrons. The van der Waals surface area contributed by atoms with Crippen molar-refractivity contribution in [3.63, 3.8) is 0 Å². The second kappa shape index (κ2) is 6.17. The van der Waals surface area contributed by atoms with Crippen LogP contribution in [-0.2, 0) is 10.0 Å². The van der Waals surface area contributed by atoms with E-state index in [1.54, 1.807) is 0 Å². The first-order chi connectivity index (χ1) is 8.38. The van der Waals surface area contributed by atoms with Gasteiger partial charge in [-0.2, -0.15) is 0 Å². The molecule has 0 unspecified atom stereocenters. The molecule has 0 saturated heterocycles. The molecule has 0 heterocycles.